The van der Waals surface area contributed by atoms with E-state index in [2.05, 4.69) is 10.1 Å². The van der Waals surface area contributed by atoms with Crippen LogP contribution in [0.5, 0.6) is 0 Å². The number of furan rings is 1. The lowest BCUT2D eigenvalue weighted by atomic mass is 10.2. The highest BCUT2D eigenvalue weighted by Crippen LogP contribution is 2.23. The van der Waals surface area contributed by atoms with E-state index in [1.54, 1.807) is 6.26 Å². The Labute approximate surface area is 141 Å². The van der Waals surface area contributed by atoms with Crippen LogP contribution in [0.2, 0.25) is 0 Å². The van der Waals surface area contributed by atoms with Crippen molar-refractivity contribution < 1.29 is 18.4 Å². The van der Waals surface area contributed by atoms with Gasteiger partial charge in [0.05, 0.1) is 24.2 Å². The normalized spacial score (nSPS) is 24.2. The van der Waals surface area contributed by atoms with Gasteiger partial charge >= 0.3 is 0 Å². The van der Waals surface area contributed by atoms with Gasteiger partial charge in [-0.2, -0.15) is 0 Å². The first-order valence-corrected chi connectivity index (χ1v) is 8.82. The molecular formula is C18H24N2O4. The van der Waals surface area contributed by atoms with E-state index in [1.165, 1.54) is 0 Å². The standard InChI is InChI=1S/C18H24N2O4/c1-4-15(21-7-1)12-20(13-16-5-2-8-22-16)11-14-10-18(24-19-14)17-6-3-9-23-17/h3,6,9-10,15-16H,1-2,4-5,7-8,11-13H2/t15-,16+. The average molecular weight is 332 g/mol. The predicted octanol–water partition coefficient (Wildman–Crippen LogP) is 3.09. The third-order valence-corrected chi connectivity index (χ3v) is 4.68. The molecule has 0 aliphatic carbocycles. The maximum Gasteiger partial charge on any atom is 0.202 e. The van der Waals surface area contributed by atoms with E-state index in [4.69, 9.17) is 18.4 Å². The summed E-state index contributed by atoms with van der Waals surface area (Å²) >= 11 is 0. The zero-order valence-corrected chi connectivity index (χ0v) is 13.9. The van der Waals surface area contributed by atoms with Gasteiger partial charge in [-0.3, -0.25) is 4.90 Å². The van der Waals surface area contributed by atoms with Crippen LogP contribution in [-0.4, -0.2) is 48.6 Å². The molecule has 4 rings (SSSR count). The fraction of sp³-hybridized carbons (Fsp3) is 0.611. The van der Waals surface area contributed by atoms with E-state index in [0.29, 0.717) is 23.7 Å². The second-order valence-corrected chi connectivity index (χ2v) is 6.62. The van der Waals surface area contributed by atoms with Crippen LogP contribution in [-0.2, 0) is 16.0 Å². The summed E-state index contributed by atoms with van der Waals surface area (Å²) in [6, 6.07) is 5.68. The largest absolute Gasteiger partial charge is 0.461 e. The molecule has 0 unspecified atom stereocenters. The first-order chi connectivity index (χ1) is 11.9. The van der Waals surface area contributed by atoms with Crippen LogP contribution in [0.4, 0.5) is 0 Å². The van der Waals surface area contributed by atoms with Crippen LogP contribution in [0.3, 0.4) is 0 Å². The summed E-state index contributed by atoms with van der Waals surface area (Å²) in [6.45, 7) is 4.34. The quantitative estimate of drug-likeness (QED) is 0.776. The van der Waals surface area contributed by atoms with Crippen LogP contribution in [0.1, 0.15) is 31.4 Å². The summed E-state index contributed by atoms with van der Waals surface area (Å²) in [7, 11) is 0. The third-order valence-electron chi connectivity index (χ3n) is 4.68. The van der Waals surface area contributed by atoms with Crippen LogP contribution >= 0.6 is 0 Å². The summed E-state index contributed by atoms with van der Waals surface area (Å²) in [4.78, 5) is 2.38. The molecule has 2 aromatic rings. The molecule has 24 heavy (non-hydrogen) atoms. The van der Waals surface area contributed by atoms with E-state index in [0.717, 1.165) is 64.2 Å². The number of aromatic nitrogens is 1. The van der Waals surface area contributed by atoms with Crippen molar-refractivity contribution in [1.82, 2.24) is 10.1 Å². The molecule has 6 nitrogen and oxygen atoms in total. The summed E-state index contributed by atoms with van der Waals surface area (Å²) in [5.41, 5.74) is 0.914. The maximum absolute atomic E-state index is 5.81. The summed E-state index contributed by atoms with van der Waals surface area (Å²) < 4.78 is 22.4. The van der Waals surface area contributed by atoms with Crippen LogP contribution < -0.4 is 0 Å². The van der Waals surface area contributed by atoms with Crippen molar-refractivity contribution in [3.8, 4) is 11.5 Å². The lowest BCUT2D eigenvalue weighted by Gasteiger charge is -2.26. The molecule has 2 aliphatic heterocycles. The summed E-state index contributed by atoms with van der Waals surface area (Å²) in [6.07, 6.45) is 6.87. The maximum atomic E-state index is 5.81. The van der Waals surface area contributed by atoms with Gasteiger partial charge in [0.25, 0.3) is 0 Å². The molecule has 2 fully saturated rings. The third kappa shape index (κ3) is 3.88. The molecule has 0 radical (unpaired) electrons. The SMILES string of the molecule is c1coc(-c2cc(CN(C[C@H]3CCCO3)C[C@@H]3CCCO3)no2)c1. The molecule has 2 saturated heterocycles. The fourth-order valence-electron chi connectivity index (χ4n) is 3.51. The smallest absolute Gasteiger partial charge is 0.202 e. The van der Waals surface area contributed by atoms with Crippen LogP contribution in [0.15, 0.2) is 33.4 Å². The summed E-state index contributed by atoms with van der Waals surface area (Å²) in [5.74, 6) is 1.38. The number of hydrogen-bond donors (Lipinski definition) is 0. The number of rotatable bonds is 7. The van der Waals surface area contributed by atoms with Crippen molar-refractivity contribution >= 4 is 0 Å². The molecule has 0 aromatic carbocycles. The Hall–Kier alpha value is -1.63. The van der Waals surface area contributed by atoms with E-state index in [1.807, 2.05) is 18.2 Å². The van der Waals surface area contributed by atoms with Crippen molar-refractivity contribution in [2.24, 2.45) is 0 Å². The van der Waals surface area contributed by atoms with Crippen LogP contribution in [0.25, 0.3) is 11.5 Å². The van der Waals surface area contributed by atoms with Crippen molar-refractivity contribution in [3.05, 3.63) is 30.2 Å². The molecular weight excluding hydrogens is 308 g/mol. The highest BCUT2D eigenvalue weighted by atomic mass is 16.5. The lowest BCUT2D eigenvalue weighted by molar-refractivity contribution is 0.0338. The van der Waals surface area contributed by atoms with Gasteiger partial charge < -0.3 is 18.4 Å². The van der Waals surface area contributed by atoms with Gasteiger partial charge in [-0.1, -0.05) is 5.16 Å². The first-order valence-electron chi connectivity index (χ1n) is 8.82. The molecule has 4 heterocycles. The van der Waals surface area contributed by atoms with Crippen LogP contribution in [0, 0.1) is 0 Å². The van der Waals surface area contributed by atoms with E-state index >= 15 is 0 Å². The molecule has 6 heteroatoms. The van der Waals surface area contributed by atoms with Crippen molar-refractivity contribution in [3.63, 3.8) is 0 Å². The Morgan fingerprint density at radius 1 is 1.04 bits per heavy atom. The predicted molar refractivity (Wildman–Crippen MR) is 87.4 cm³/mol. The second-order valence-electron chi connectivity index (χ2n) is 6.62. The Morgan fingerprint density at radius 3 is 2.38 bits per heavy atom. The Kier molecular flexibility index (Phi) is 4.96. The topological polar surface area (TPSA) is 60.9 Å². The van der Waals surface area contributed by atoms with Gasteiger partial charge in [-0.05, 0) is 37.8 Å². The van der Waals surface area contributed by atoms with Crippen molar-refractivity contribution in [1.29, 1.82) is 0 Å². The monoisotopic (exact) mass is 332 g/mol. The molecule has 0 N–H and O–H groups in total. The van der Waals surface area contributed by atoms with Gasteiger partial charge in [-0.15, -0.1) is 0 Å². The van der Waals surface area contributed by atoms with E-state index < -0.39 is 0 Å². The van der Waals surface area contributed by atoms with Gasteiger partial charge in [-0.25, -0.2) is 0 Å². The van der Waals surface area contributed by atoms with Crippen molar-refractivity contribution in [2.75, 3.05) is 26.3 Å². The molecule has 130 valence electrons. The molecule has 0 spiro atoms. The van der Waals surface area contributed by atoms with Gasteiger partial charge in [0, 0.05) is 38.9 Å². The lowest BCUT2D eigenvalue weighted by Crippen LogP contribution is -2.37. The molecule has 0 bridgehead atoms. The Balaban J connectivity index is 1.41. The fourth-order valence-corrected chi connectivity index (χ4v) is 3.51. The zero-order chi connectivity index (χ0) is 16.2. The minimum Gasteiger partial charge on any atom is -0.461 e. The zero-order valence-electron chi connectivity index (χ0n) is 13.9. The first kappa shape index (κ1) is 15.9. The highest BCUT2D eigenvalue weighted by molar-refractivity contribution is 5.49. The van der Waals surface area contributed by atoms with Crippen molar-refractivity contribution in [2.45, 2.75) is 44.4 Å². The van der Waals surface area contributed by atoms with Gasteiger partial charge in [0.1, 0.15) is 0 Å². The molecule has 2 aromatic heterocycles. The second kappa shape index (κ2) is 7.51. The minimum atomic E-state index is 0.322. The average Bonchev–Trinajstić information content (AvgIpc) is 3.37. The molecule has 0 amide bonds. The Bertz CT molecular complexity index is 595. The Morgan fingerprint density at radius 2 is 1.79 bits per heavy atom. The number of hydrogen-bond acceptors (Lipinski definition) is 6. The minimum absolute atomic E-state index is 0.322. The van der Waals surface area contributed by atoms with Gasteiger partial charge in [0.2, 0.25) is 5.76 Å². The highest BCUT2D eigenvalue weighted by Gasteiger charge is 2.25. The molecule has 2 aliphatic rings. The van der Waals surface area contributed by atoms with Gasteiger partial charge in [0.15, 0.2) is 5.76 Å². The molecule has 2 atom stereocenters. The van der Waals surface area contributed by atoms with E-state index in [9.17, 15) is 0 Å². The van der Waals surface area contributed by atoms with E-state index in [-0.39, 0.29) is 0 Å². The number of ether oxygens (including phenoxy) is 2. The summed E-state index contributed by atoms with van der Waals surface area (Å²) in [5, 5.41) is 4.20. The number of nitrogens with zero attached hydrogens (tertiary/aromatic N) is 2. The molecule has 0 saturated carbocycles.